The van der Waals surface area contributed by atoms with Crippen LogP contribution in [0.25, 0.3) is 0 Å². The summed E-state index contributed by atoms with van der Waals surface area (Å²) in [7, 11) is 0. The molecule has 0 aliphatic rings. The van der Waals surface area contributed by atoms with E-state index in [1.807, 2.05) is 31.2 Å². The summed E-state index contributed by atoms with van der Waals surface area (Å²) in [4.78, 5) is 12.1. The van der Waals surface area contributed by atoms with Gasteiger partial charge in [-0.05, 0) is 62.2 Å². The van der Waals surface area contributed by atoms with Gasteiger partial charge in [0, 0.05) is 15.8 Å². The third kappa shape index (κ3) is 4.32. The van der Waals surface area contributed by atoms with Crippen LogP contribution in [0.1, 0.15) is 25.0 Å². The van der Waals surface area contributed by atoms with Gasteiger partial charge in [0.1, 0.15) is 0 Å². The van der Waals surface area contributed by atoms with Gasteiger partial charge in [0.2, 0.25) is 0 Å². The van der Waals surface area contributed by atoms with E-state index in [2.05, 4.69) is 26.6 Å². The van der Waals surface area contributed by atoms with Crippen molar-refractivity contribution in [3.63, 3.8) is 0 Å². The standard InChI is InChI=1S/C17H19BrN2O2/c1-11-9-13(18)7-8-15(11)20-16(21)19-14-6-4-5-12(10-14)17(2,3)22/h4-10,22H,1-3H3,(H2,19,20,21). The SMILES string of the molecule is Cc1cc(Br)ccc1NC(=O)Nc1cccc(C(C)(C)O)c1. The molecule has 0 heterocycles. The zero-order valence-corrected chi connectivity index (χ0v) is 14.4. The van der Waals surface area contributed by atoms with E-state index >= 15 is 0 Å². The maximum atomic E-state index is 12.1. The Labute approximate surface area is 138 Å². The Bertz CT molecular complexity index is 693. The third-order valence-electron chi connectivity index (χ3n) is 3.26. The van der Waals surface area contributed by atoms with Crippen molar-refractivity contribution in [2.45, 2.75) is 26.4 Å². The van der Waals surface area contributed by atoms with Gasteiger partial charge in [-0.15, -0.1) is 0 Å². The van der Waals surface area contributed by atoms with Gasteiger partial charge in [-0.1, -0.05) is 28.1 Å². The predicted octanol–water partition coefficient (Wildman–Crippen LogP) is 4.63. The Hall–Kier alpha value is -1.85. The molecule has 0 bridgehead atoms. The van der Waals surface area contributed by atoms with Crippen LogP contribution in [-0.4, -0.2) is 11.1 Å². The molecule has 116 valence electrons. The number of amides is 2. The van der Waals surface area contributed by atoms with Crippen molar-refractivity contribution < 1.29 is 9.90 Å². The number of carbonyl (C=O) groups excluding carboxylic acids is 1. The van der Waals surface area contributed by atoms with Crippen molar-refractivity contribution in [2.75, 3.05) is 10.6 Å². The summed E-state index contributed by atoms with van der Waals surface area (Å²) < 4.78 is 0.967. The Kier molecular flexibility index (Phi) is 4.88. The molecule has 0 atom stereocenters. The highest BCUT2D eigenvalue weighted by Crippen LogP contribution is 2.23. The number of hydrogen-bond acceptors (Lipinski definition) is 2. The van der Waals surface area contributed by atoms with E-state index < -0.39 is 5.60 Å². The van der Waals surface area contributed by atoms with Crippen LogP contribution in [0.2, 0.25) is 0 Å². The lowest BCUT2D eigenvalue weighted by atomic mass is 9.98. The summed E-state index contributed by atoms with van der Waals surface area (Å²) >= 11 is 3.39. The Balaban J connectivity index is 2.09. The smallest absolute Gasteiger partial charge is 0.323 e. The number of halogens is 1. The maximum Gasteiger partial charge on any atom is 0.323 e. The van der Waals surface area contributed by atoms with Gasteiger partial charge in [0.25, 0.3) is 0 Å². The summed E-state index contributed by atoms with van der Waals surface area (Å²) in [5.41, 5.74) is 2.14. The molecule has 0 aromatic heterocycles. The molecule has 0 aliphatic heterocycles. The van der Waals surface area contributed by atoms with E-state index in [0.717, 1.165) is 21.3 Å². The van der Waals surface area contributed by atoms with Gasteiger partial charge in [-0.3, -0.25) is 0 Å². The first-order valence-electron chi connectivity index (χ1n) is 6.93. The number of anilines is 2. The van der Waals surface area contributed by atoms with Crippen LogP contribution in [0.4, 0.5) is 16.2 Å². The minimum absolute atomic E-state index is 0.321. The van der Waals surface area contributed by atoms with Gasteiger partial charge >= 0.3 is 6.03 Å². The third-order valence-corrected chi connectivity index (χ3v) is 3.76. The highest BCUT2D eigenvalue weighted by Gasteiger charge is 2.16. The molecule has 0 saturated heterocycles. The monoisotopic (exact) mass is 362 g/mol. The second-order valence-electron chi connectivity index (χ2n) is 5.68. The van der Waals surface area contributed by atoms with Gasteiger partial charge < -0.3 is 15.7 Å². The molecular formula is C17H19BrN2O2. The molecule has 0 unspecified atom stereocenters. The van der Waals surface area contributed by atoms with Crippen LogP contribution in [0.15, 0.2) is 46.9 Å². The van der Waals surface area contributed by atoms with Crippen LogP contribution in [0, 0.1) is 6.92 Å². The first-order valence-corrected chi connectivity index (χ1v) is 7.72. The molecule has 0 saturated carbocycles. The molecule has 2 aromatic rings. The van der Waals surface area contributed by atoms with Crippen molar-refractivity contribution in [2.24, 2.45) is 0 Å². The molecule has 2 aromatic carbocycles. The van der Waals surface area contributed by atoms with E-state index in [-0.39, 0.29) is 6.03 Å². The molecule has 5 heteroatoms. The number of aliphatic hydroxyl groups is 1. The van der Waals surface area contributed by atoms with Crippen molar-refractivity contribution in [3.05, 3.63) is 58.1 Å². The fourth-order valence-corrected chi connectivity index (χ4v) is 2.51. The second-order valence-corrected chi connectivity index (χ2v) is 6.59. The van der Waals surface area contributed by atoms with E-state index in [0.29, 0.717) is 5.69 Å². The average molecular weight is 363 g/mol. The number of rotatable bonds is 3. The molecule has 0 spiro atoms. The van der Waals surface area contributed by atoms with Crippen molar-refractivity contribution >= 4 is 33.3 Å². The number of carbonyl (C=O) groups is 1. The summed E-state index contributed by atoms with van der Waals surface area (Å²) in [5, 5.41) is 15.6. The van der Waals surface area contributed by atoms with E-state index in [9.17, 15) is 9.90 Å². The van der Waals surface area contributed by atoms with Crippen molar-refractivity contribution in [1.29, 1.82) is 0 Å². The fourth-order valence-electron chi connectivity index (χ4n) is 2.03. The van der Waals surface area contributed by atoms with E-state index in [4.69, 9.17) is 0 Å². The van der Waals surface area contributed by atoms with Gasteiger partial charge in [-0.2, -0.15) is 0 Å². The van der Waals surface area contributed by atoms with Crippen LogP contribution < -0.4 is 10.6 Å². The number of aryl methyl sites for hydroxylation is 1. The number of hydrogen-bond donors (Lipinski definition) is 3. The first kappa shape index (κ1) is 16.5. The molecule has 0 radical (unpaired) electrons. The largest absolute Gasteiger partial charge is 0.386 e. The molecule has 22 heavy (non-hydrogen) atoms. The summed E-state index contributed by atoms with van der Waals surface area (Å²) in [6, 6.07) is 12.5. The van der Waals surface area contributed by atoms with Crippen LogP contribution in [0.5, 0.6) is 0 Å². The van der Waals surface area contributed by atoms with Crippen molar-refractivity contribution in [1.82, 2.24) is 0 Å². The van der Waals surface area contributed by atoms with Crippen LogP contribution in [-0.2, 0) is 5.60 Å². The quantitative estimate of drug-likeness (QED) is 0.745. The number of nitrogens with one attached hydrogen (secondary N) is 2. The molecule has 4 nitrogen and oxygen atoms in total. The topological polar surface area (TPSA) is 61.4 Å². The minimum Gasteiger partial charge on any atom is -0.386 e. The molecule has 2 amide bonds. The summed E-state index contributed by atoms with van der Waals surface area (Å²) in [6.45, 7) is 5.34. The summed E-state index contributed by atoms with van der Waals surface area (Å²) in [6.07, 6.45) is 0. The zero-order chi connectivity index (χ0) is 16.3. The normalized spacial score (nSPS) is 11.1. The minimum atomic E-state index is -0.948. The van der Waals surface area contributed by atoms with Gasteiger partial charge in [0.05, 0.1) is 5.60 Å². The second kappa shape index (κ2) is 6.50. The van der Waals surface area contributed by atoms with Crippen LogP contribution >= 0.6 is 15.9 Å². The van der Waals surface area contributed by atoms with E-state index in [1.54, 1.807) is 32.0 Å². The Morgan fingerprint density at radius 1 is 1.14 bits per heavy atom. The lowest BCUT2D eigenvalue weighted by molar-refractivity contribution is 0.0786. The fraction of sp³-hybridized carbons (Fsp3) is 0.235. The first-order chi connectivity index (χ1) is 10.3. The van der Waals surface area contributed by atoms with Crippen molar-refractivity contribution in [3.8, 4) is 0 Å². The molecule has 2 rings (SSSR count). The highest BCUT2D eigenvalue weighted by molar-refractivity contribution is 9.10. The molecule has 0 fully saturated rings. The zero-order valence-electron chi connectivity index (χ0n) is 12.8. The van der Waals surface area contributed by atoms with Gasteiger partial charge in [0.15, 0.2) is 0 Å². The van der Waals surface area contributed by atoms with Crippen LogP contribution in [0.3, 0.4) is 0 Å². The Morgan fingerprint density at radius 2 is 1.86 bits per heavy atom. The molecule has 0 aliphatic carbocycles. The van der Waals surface area contributed by atoms with E-state index in [1.165, 1.54) is 0 Å². The molecule has 3 N–H and O–H groups in total. The lowest BCUT2D eigenvalue weighted by Crippen LogP contribution is -2.21. The van der Waals surface area contributed by atoms with Gasteiger partial charge in [-0.25, -0.2) is 4.79 Å². The molecular weight excluding hydrogens is 344 g/mol. The maximum absolute atomic E-state index is 12.1. The average Bonchev–Trinajstić information content (AvgIpc) is 2.41. The number of benzene rings is 2. The highest BCUT2D eigenvalue weighted by atomic mass is 79.9. The predicted molar refractivity (Wildman–Crippen MR) is 93.2 cm³/mol. The Morgan fingerprint density at radius 3 is 2.50 bits per heavy atom. The number of urea groups is 1. The summed E-state index contributed by atoms with van der Waals surface area (Å²) in [5.74, 6) is 0. The lowest BCUT2D eigenvalue weighted by Gasteiger charge is -2.18.